The van der Waals surface area contributed by atoms with Crippen LogP contribution in [0.1, 0.15) is 24.1 Å². The monoisotopic (exact) mass is 421 g/mol. The molecule has 28 heavy (non-hydrogen) atoms. The second-order valence-electron chi connectivity index (χ2n) is 7.27. The van der Waals surface area contributed by atoms with Crippen molar-refractivity contribution in [2.24, 2.45) is 5.73 Å². The quantitative estimate of drug-likeness (QED) is 0.793. The summed E-state index contributed by atoms with van der Waals surface area (Å²) in [5.41, 5.74) is 8.94. The number of nitrogens with zero attached hydrogens (tertiary/aromatic N) is 2. The van der Waals surface area contributed by atoms with Crippen molar-refractivity contribution < 1.29 is 9.90 Å². The number of piperazine rings is 1. The van der Waals surface area contributed by atoms with Gasteiger partial charge in [-0.25, -0.2) is 0 Å². The molecule has 0 bridgehead atoms. The van der Waals surface area contributed by atoms with Crippen molar-refractivity contribution in [3.05, 3.63) is 63.6 Å². The number of carbonyl (C=O) groups excluding carboxylic acids is 1. The number of carbonyl (C=O) groups is 1. The first-order valence-corrected chi connectivity index (χ1v) is 10.0. The summed E-state index contributed by atoms with van der Waals surface area (Å²) in [4.78, 5) is 16.6. The fourth-order valence-electron chi connectivity index (χ4n) is 3.50. The fraction of sp³-hybridized carbons (Fsp3) is 0.381. The van der Waals surface area contributed by atoms with Crippen molar-refractivity contribution in [1.29, 1.82) is 0 Å². The third-order valence-electron chi connectivity index (χ3n) is 5.16. The van der Waals surface area contributed by atoms with E-state index in [4.69, 9.17) is 28.9 Å². The number of nitrogens with two attached hydrogens (primary N) is 1. The molecule has 1 aliphatic heterocycles. The zero-order valence-corrected chi connectivity index (χ0v) is 17.5. The van der Waals surface area contributed by atoms with Gasteiger partial charge in [-0.1, -0.05) is 41.4 Å². The van der Waals surface area contributed by atoms with E-state index in [2.05, 4.69) is 4.90 Å². The van der Waals surface area contributed by atoms with E-state index in [1.165, 1.54) is 6.92 Å². The summed E-state index contributed by atoms with van der Waals surface area (Å²) < 4.78 is 0. The molecule has 0 aliphatic carbocycles. The molecule has 0 saturated carbocycles. The Labute approximate surface area is 175 Å². The highest BCUT2D eigenvalue weighted by Crippen LogP contribution is 2.36. The first-order chi connectivity index (χ1) is 13.3. The van der Waals surface area contributed by atoms with Gasteiger partial charge in [-0.15, -0.1) is 0 Å². The van der Waals surface area contributed by atoms with E-state index < -0.39 is 12.1 Å². The topological polar surface area (TPSA) is 69.8 Å². The number of anilines is 1. The predicted molar refractivity (Wildman–Crippen MR) is 114 cm³/mol. The third kappa shape index (κ3) is 4.44. The van der Waals surface area contributed by atoms with Crippen LogP contribution in [0.15, 0.2) is 42.5 Å². The maximum absolute atomic E-state index is 12.7. The molecule has 2 aromatic rings. The van der Waals surface area contributed by atoms with E-state index >= 15 is 0 Å². The lowest BCUT2D eigenvalue weighted by molar-refractivity contribution is -0.135. The Morgan fingerprint density at radius 1 is 1.18 bits per heavy atom. The van der Waals surface area contributed by atoms with Crippen LogP contribution in [-0.4, -0.2) is 47.7 Å². The molecule has 1 amide bonds. The predicted octanol–water partition coefficient (Wildman–Crippen LogP) is 3.40. The average Bonchev–Trinajstić information content (AvgIpc) is 2.67. The minimum Gasteiger partial charge on any atom is -0.391 e. The summed E-state index contributed by atoms with van der Waals surface area (Å²) in [5, 5.41) is 11.0. The van der Waals surface area contributed by atoms with Crippen LogP contribution in [-0.2, 0) is 4.79 Å². The van der Waals surface area contributed by atoms with Gasteiger partial charge < -0.3 is 20.6 Å². The Bertz CT molecular complexity index is 842. The molecular formula is C21H25Cl2N3O2. The summed E-state index contributed by atoms with van der Waals surface area (Å²) in [5.74, 6) is -0.247. The summed E-state index contributed by atoms with van der Waals surface area (Å²) in [6, 6.07) is 12.6. The fourth-order valence-corrected chi connectivity index (χ4v) is 3.97. The molecule has 3 atom stereocenters. The Morgan fingerprint density at radius 3 is 2.46 bits per heavy atom. The van der Waals surface area contributed by atoms with Crippen LogP contribution >= 0.6 is 23.2 Å². The standard InChI is InChI=1S/C21H25Cl2N3O2/c1-13-3-8-18(17(23)11-13)26-10-9-25(21(28)20(24)14(2)27)12-19(26)15-4-6-16(22)7-5-15/h3-8,11,14,19-20,27H,9-10,12,24H2,1-2H3/t14-,19+,20+/m1/s1. The van der Waals surface area contributed by atoms with Gasteiger partial charge in [0.15, 0.2) is 0 Å². The number of benzene rings is 2. The second kappa shape index (κ2) is 8.70. The van der Waals surface area contributed by atoms with Crippen LogP contribution < -0.4 is 10.6 Å². The number of aliphatic hydroxyl groups excluding tert-OH is 1. The smallest absolute Gasteiger partial charge is 0.242 e. The summed E-state index contributed by atoms with van der Waals surface area (Å²) in [6.45, 7) is 5.09. The van der Waals surface area contributed by atoms with E-state index in [0.29, 0.717) is 29.7 Å². The van der Waals surface area contributed by atoms with Crippen molar-refractivity contribution >= 4 is 34.8 Å². The molecule has 3 rings (SSSR count). The van der Waals surface area contributed by atoms with Crippen LogP contribution in [0.25, 0.3) is 0 Å². The van der Waals surface area contributed by atoms with Gasteiger partial charge in [0.1, 0.15) is 6.04 Å². The van der Waals surface area contributed by atoms with Gasteiger partial charge in [0, 0.05) is 24.7 Å². The highest BCUT2D eigenvalue weighted by molar-refractivity contribution is 6.33. The van der Waals surface area contributed by atoms with E-state index in [-0.39, 0.29) is 11.9 Å². The van der Waals surface area contributed by atoms with Gasteiger partial charge in [-0.05, 0) is 49.2 Å². The first kappa shape index (κ1) is 20.9. The molecule has 5 nitrogen and oxygen atoms in total. The molecule has 1 saturated heterocycles. The second-order valence-corrected chi connectivity index (χ2v) is 8.11. The van der Waals surface area contributed by atoms with Crippen molar-refractivity contribution in [3.8, 4) is 0 Å². The molecule has 1 heterocycles. The summed E-state index contributed by atoms with van der Waals surface area (Å²) in [7, 11) is 0. The Morgan fingerprint density at radius 2 is 1.86 bits per heavy atom. The lowest BCUT2D eigenvalue weighted by Crippen LogP contribution is -2.56. The minimum atomic E-state index is -0.930. The number of hydrogen-bond donors (Lipinski definition) is 2. The van der Waals surface area contributed by atoms with Gasteiger partial charge in [0.25, 0.3) is 0 Å². The van der Waals surface area contributed by atoms with Crippen LogP contribution in [0.3, 0.4) is 0 Å². The van der Waals surface area contributed by atoms with Gasteiger partial charge in [-0.2, -0.15) is 0 Å². The van der Waals surface area contributed by atoms with Crippen LogP contribution in [0.5, 0.6) is 0 Å². The number of aryl methyl sites for hydroxylation is 1. The SMILES string of the molecule is Cc1ccc(N2CCN(C(=O)[C@@H](N)[C@@H](C)O)C[C@H]2c2ccc(Cl)cc2)c(Cl)c1. The zero-order chi connectivity index (χ0) is 20.4. The van der Waals surface area contributed by atoms with E-state index in [1.54, 1.807) is 4.90 Å². The van der Waals surface area contributed by atoms with Gasteiger partial charge >= 0.3 is 0 Å². The zero-order valence-electron chi connectivity index (χ0n) is 16.0. The van der Waals surface area contributed by atoms with Crippen LogP contribution in [0.2, 0.25) is 10.0 Å². The Balaban J connectivity index is 1.94. The normalized spacial score (nSPS) is 19.4. The Hall–Kier alpha value is -1.79. The molecule has 150 valence electrons. The number of aliphatic hydroxyl groups is 1. The van der Waals surface area contributed by atoms with Crippen molar-refractivity contribution in [2.45, 2.75) is 32.0 Å². The molecule has 1 fully saturated rings. The van der Waals surface area contributed by atoms with E-state index in [1.807, 2.05) is 49.4 Å². The van der Waals surface area contributed by atoms with Crippen molar-refractivity contribution in [3.63, 3.8) is 0 Å². The largest absolute Gasteiger partial charge is 0.391 e. The molecule has 7 heteroatoms. The number of rotatable bonds is 4. The molecule has 3 N–H and O–H groups in total. The highest BCUT2D eigenvalue weighted by atomic mass is 35.5. The van der Waals surface area contributed by atoms with E-state index in [0.717, 1.165) is 16.8 Å². The summed E-state index contributed by atoms with van der Waals surface area (Å²) in [6.07, 6.45) is -0.897. The van der Waals surface area contributed by atoms with Gasteiger partial charge in [-0.3, -0.25) is 4.79 Å². The number of hydrogen-bond acceptors (Lipinski definition) is 4. The molecular weight excluding hydrogens is 397 g/mol. The van der Waals surface area contributed by atoms with Crippen molar-refractivity contribution in [2.75, 3.05) is 24.5 Å². The van der Waals surface area contributed by atoms with E-state index in [9.17, 15) is 9.90 Å². The maximum atomic E-state index is 12.7. The lowest BCUT2D eigenvalue weighted by atomic mass is 10.00. The maximum Gasteiger partial charge on any atom is 0.242 e. The number of amides is 1. The molecule has 0 spiro atoms. The number of halogens is 2. The van der Waals surface area contributed by atoms with Crippen molar-refractivity contribution in [1.82, 2.24) is 4.90 Å². The minimum absolute atomic E-state index is 0.101. The molecule has 0 unspecified atom stereocenters. The lowest BCUT2D eigenvalue weighted by Gasteiger charge is -2.44. The molecule has 2 aromatic carbocycles. The summed E-state index contributed by atoms with van der Waals surface area (Å²) >= 11 is 12.6. The van der Waals surface area contributed by atoms with Gasteiger partial charge in [0.2, 0.25) is 5.91 Å². The molecule has 1 aliphatic rings. The average molecular weight is 422 g/mol. The molecule has 0 radical (unpaired) electrons. The van der Waals surface area contributed by atoms with Crippen LogP contribution in [0.4, 0.5) is 5.69 Å². The Kier molecular flexibility index (Phi) is 6.50. The first-order valence-electron chi connectivity index (χ1n) is 9.28. The highest BCUT2D eigenvalue weighted by Gasteiger charge is 2.34. The third-order valence-corrected chi connectivity index (χ3v) is 5.72. The van der Waals surface area contributed by atoms with Gasteiger partial charge in [0.05, 0.1) is 22.9 Å². The molecule has 0 aromatic heterocycles. The van der Waals surface area contributed by atoms with Crippen LogP contribution in [0, 0.1) is 6.92 Å².